The fraction of sp³-hybridized carbons (Fsp3) is 0.154. The van der Waals surface area contributed by atoms with E-state index in [0.29, 0.717) is 12.4 Å². The molecule has 0 aliphatic heterocycles. The molecule has 3 N–H and O–H groups in total. The van der Waals surface area contributed by atoms with E-state index in [-0.39, 0.29) is 0 Å². The summed E-state index contributed by atoms with van der Waals surface area (Å²) in [5.74, 6) is 6.79. The maximum atomic E-state index is 5.74. The number of nitrogens with zero attached hydrogens (tertiary/aromatic N) is 1. The first-order valence-corrected chi connectivity index (χ1v) is 7.30. The van der Waals surface area contributed by atoms with Gasteiger partial charge in [-0.05, 0) is 56.1 Å². The minimum atomic E-state index is 0.340. The molecule has 0 saturated carbocycles. The molecule has 0 saturated heterocycles. The fourth-order valence-corrected chi connectivity index (χ4v) is 2.50. The summed E-state index contributed by atoms with van der Waals surface area (Å²) in [6, 6.07) is 7.29. The molecule has 0 aliphatic rings. The van der Waals surface area contributed by atoms with Crippen LogP contribution in [-0.2, 0) is 6.61 Å². The quantitative estimate of drug-likeness (QED) is 0.591. The van der Waals surface area contributed by atoms with Gasteiger partial charge in [-0.2, -0.15) is 0 Å². The molecule has 1 heterocycles. The minimum absolute atomic E-state index is 0.340. The summed E-state index contributed by atoms with van der Waals surface area (Å²) in [4.78, 5) is 4.22. The lowest BCUT2D eigenvalue weighted by Gasteiger charge is -2.11. The van der Waals surface area contributed by atoms with Gasteiger partial charge in [-0.1, -0.05) is 0 Å². The van der Waals surface area contributed by atoms with Crippen molar-refractivity contribution in [3.8, 4) is 11.5 Å². The van der Waals surface area contributed by atoms with Crippen molar-refractivity contribution < 1.29 is 9.47 Å². The van der Waals surface area contributed by atoms with E-state index in [1.165, 1.54) is 0 Å². The number of hydrogen-bond donors (Lipinski definition) is 2. The number of ether oxygens (including phenoxy) is 2. The molecule has 2 rings (SSSR count). The Morgan fingerprint density at radius 3 is 2.60 bits per heavy atom. The molecule has 7 heteroatoms. The summed E-state index contributed by atoms with van der Waals surface area (Å²) in [5.41, 5.74) is 4.14. The number of nitrogen functional groups attached to an aromatic ring is 1. The summed E-state index contributed by atoms with van der Waals surface area (Å²) in [6.45, 7) is 0.340. The highest BCUT2D eigenvalue weighted by Crippen LogP contribution is 2.36. The molecular formula is C13H13Br2N3O2. The Bertz CT molecular complexity index is 608. The van der Waals surface area contributed by atoms with Gasteiger partial charge in [0.2, 0.25) is 0 Å². The number of rotatable bonds is 5. The van der Waals surface area contributed by atoms with Crippen molar-refractivity contribution in [3.63, 3.8) is 0 Å². The van der Waals surface area contributed by atoms with Crippen molar-refractivity contribution >= 4 is 37.5 Å². The van der Waals surface area contributed by atoms with Crippen LogP contribution < -0.4 is 20.7 Å². The minimum Gasteiger partial charge on any atom is -0.496 e. The number of anilines is 1. The maximum absolute atomic E-state index is 5.74. The van der Waals surface area contributed by atoms with Gasteiger partial charge in [0, 0.05) is 6.20 Å². The van der Waals surface area contributed by atoms with Crippen LogP contribution in [-0.4, -0.2) is 12.1 Å². The molecule has 5 nitrogen and oxygen atoms in total. The van der Waals surface area contributed by atoms with Gasteiger partial charge in [0.1, 0.15) is 18.1 Å². The number of nitrogens with two attached hydrogens (primary N) is 1. The zero-order valence-electron chi connectivity index (χ0n) is 10.7. The van der Waals surface area contributed by atoms with Crippen LogP contribution >= 0.6 is 31.9 Å². The number of benzene rings is 1. The van der Waals surface area contributed by atoms with E-state index in [0.717, 1.165) is 26.1 Å². The number of nitrogens with one attached hydrogen (secondary N) is 1. The lowest BCUT2D eigenvalue weighted by molar-refractivity contribution is 0.298. The highest BCUT2D eigenvalue weighted by molar-refractivity contribution is 9.11. The Balaban J connectivity index is 2.12. The Hall–Kier alpha value is -1.31. The predicted octanol–water partition coefficient (Wildman–Crippen LogP) is 3.48. The van der Waals surface area contributed by atoms with Crippen LogP contribution in [0.25, 0.3) is 0 Å². The largest absolute Gasteiger partial charge is 0.496 e. The highest BCUT2D eigenvalue weighted by Gasteiger charge is 2.09. The lowest BCUT2D eigenvalue weighted by atomic mass is 10.3. The van der Waals surface area contributed by atoms with Crippen molar-refractivity contribution in [1.29, 1.82) is 0 Å². The third-order valence-corrected chi connectivity index (χ3v) is 3.80. The Morgan fingerprint density at radius 1 is 1.20 bits per heavy atom. The molecule has 1 aromatic heterocycles. The SMILES string of the molecule is COc1cc(Br)c(OCc2cc(NN)ccn2)cc1Br. The predicted molar refractivity (Wildman–Crippen MR) is 84.8 cm³/mol. The molecule has 0 aliphatic carbocycles. The standard InChI is InChI=1S/C13H13Br2N3O2/c1-19-12-5-11(15)13(6-10(12)14)20-7-9-4-8(18-16)2-3-17-9/h2-6H,7,16H2,1H3,(H,17,18). The smallest absolute Gasteiger partial charge is 0.135 e. The van der Waals surface area contributed by atoms with E-state index in [4.69, 9.17) is 15.3 Å². The summed E-state index contributed by atoms with van der Waals surface area (Å²) in [7, 11) is 1.61. The van der Waals surface area contributed by atoms with Gasteiger partial charge < -0.3 is 14.9 Å². The molecule has 0 radical (unpaired) electrons. The van der Waals surface area contributed by atoms with E-state index in [1.54, 1.807) is 19.4 Å². The third-order valence-electron chi connectivity index (χ3n) is 2.57. The summed E-state index contributed by atoms with van der Waals surface area (Å²) < 4.78 is 12.6. The lowest BCUT2D eigenvalue weighted by Crippen LogP contribution is -2.08. The van der Waals surface area contributed by atoms with Gasteiger partial charge in [-0.15, -0.1) is 0 Å². The molecule has 106 valence electrons. The Labute approximate surface area is 133 Å². The summed E-state index contributed by atoms with van der Waals surface area (Å²) in [6.07, 6.45) is 1.67. The van der Waals surface area contributed by atoms with E-state index >= 15 is 0 Å². The molecule has 0 atom stereocenters. The molecule has 0 spiro atoms. The zero-order valence-corrected chi connectivity index (χ0v) is 13.9. The highest BCUT2D eigenvalue weighted by atomic mass is 79.9. The van der Waals surface area contributed by atoms with E-state index in [2.05, 4.69) is 42.3 Å². The molecule has 0 amide bonds. The van der Waals surface area contributed by atoms with Gasteiger partial charge in [0.15, 0.2) is 0 Å². The number of hydrogen-bond acceptors (Lipinski definition) is 5. The third kappa shape index (κ3) is 3.62. The summed E-state index contributed by atoms with van der Waals surface area (Å²) in [5, 5.41) is 0. The second-order valence-electron chi connectivity index (χ2n) is 3.89. The van der Waals surface area contributed by atoms with Crippen molar-refractivity contribution in [2.75, 3.05) is 12.5 Å². The van der Waals surface area contributed by atoms with Gasteiger partial charge in [0.25, 0.3) is 0 Å². The van der Waals surface area contributed by atoms with Crippen LogP contribution in [0.1, 0.15) is 5.69 Å². The van der Waals surface area contributed by atoms with Gasteiger partial charge in [0.05, 0.1) is 27.4 Å². The first-order valence-electron chi connectivity index (χ1n) is 5.71. The number of halogens is 2. The zero-order chi connectivity index (χ0) is 14.5. The first kappa shape index (κ1) is 15.1. The number of aromatic nitrogens is 1. The molecule has 0 unspecified atom stereocenters. The van der Waals surface area contributed by atoms with Crippen LogP contribution in [0.3, 0.4) is 0 Å². The van der Waals surface area contributed by atoms with E-state index < -0.39 is 0 Å². The topological polar surface area (TPSA) is 69.4 Å². The van der Waals surface area contributed by atoms with Crippen molar-refractivity contribution in [1.82, 2.24) is 4.98 Å². The monoisotopic (exact) mass is 401 g/mol. The fourth-order valence-electron chi connectivity index (χ4n) is 1.58. The number of pyridine rings is 1. The average molecular weight is 403 g/mol. The number of hydrazine groups is 1. The molecule has 0 fully saturated rings. The average Bonchev–Trinajstić information content (AvgIpc) is 2.48. The molecule has 20 heavy (non-hydrogen) atoms. The molecule has 0 bridgehead atoms. The van der Waals surface area contributed by atoms with E-state index in [9.17, 15) is 0 Å². The van der Waals surface area contributed by atoms with Crippen LogP contribution in [0.15, 0.2) is 39.4 Å². The summed E-state index contributed by atoms with van der Waals surface area (Å²) >= 11 is 6.87. The van der Waals surface area contributed by atoms with Crippen LogP contribution in [0, 0.1) is 0 Å². The Kier molecular flexibility index (Phi) is 5.22. The second kappa shape index (κ2) is 6.92. The molecular weight excluding hydrogens is 390 g/mol. The van der Waals surface area contributed by atoms with Crippen molar-refractivity contribution in [3.05, 3.63) is 45.1 Å². The van der Waals surface area contributed by atoms with Crippen LogP contribution in [0.2, 0.25) is 0 Å². The molecule has 1 aromatic carbocycles. The van der Waals surface area contributed by atoms with Crippen molar-refractivity contribution in [2.24, 2.45) is 5.84 Å². The van der Waals surface area contributed by atoms with Crippen molar-refractivity contribution in [2.45, 2.75) is 6.61 Å². The van der Waals surface area contributed by atoms with Gasteiger partial charge in [-0.3, -0.25) is 10.8 Å². The van der Waals surface area contributed by atoms with Crippen LogP contribution in [0.4, 0.5) is 5.69 Å². The molecule has 2 aromatic rings. The van der Waals surface area contributed by atoms with Crippen LogP contribution in [0.5, 0.6) is 11.5 Å². The van der Waals surface area contributed by atoms with Gasteiger partial charge in [-0.25, -0.2) is 0 Å². The second-order valence-corrected chi connectivity index (χ2v) is 5.59. The normalized spacial score (nSPS) is 10.2. The van der Waals surface area contributed by atoms with E-state index in [1.807, 2.05) is 18.2 Å². The Morgan fingerprint density at radius 2 is 1.90 bits per heavy atom. The van der Waals surface area contributed by atoms with Gasteiger partial charge >= 0.3 is 0 Å². The maximum Gasteiger partial charge on any atom is 0.135 e. The first-order chi connectivity index (χ1) is 9.63. The number of methoxy groups -OCH3 is 1.